The maximum Gasteiger partial charge on any atom is 0.192 e. The summed E-state index contributed by atoms with van der Waals surface area (Å²) < 4.78 is 5.03. The average Bonchev–Trinajstić information content (AvgIpc) is 2.76. The van der Waals surface area contributed by atoms with Crippen molar-refractivity contribution in [2.45, 2.75) is 6.92 Å². The van der Waals surface area contributed by atoms with Crippen molar-refractivity contribution in [3.63, 3.8) is 0 Å². The minimum Gasteiger partial charge on any atom is -0.244 e. The van der Waals surface area contributed by atoms with Crippen LogP contribution >= 0.6 is 27.5 Å². The Balaban J connectivity index is 2.25. The van der Waals surface area contributed by atoms with Gasteiger partial charge in [-0.15, -0.1) is 0 Å². The lowest BCUT2D eigenvalue weighted by molar-refractivity contribution is 1.24. The number of aromatic nitrogens is 3. The second-order valence-corrected chi connectivity index (χ2v) is 5.74. The fraction of sp³-hybridized carbons (Fsp3) is 0.0833. The Bertz CT molecular complexity index is 693. The van der Waals surface area contributed by atoms with E-state index < -0.39 is 0 Å². The standard InChI is InChI=1S/C12H8BrN3S/c1-7-6-10(11-15-12(13)17-16-11)14-9-5-3-2-4-8(7)9/h2-6H,1H3. The van der Waals surface area contributed by atoms with Gasteiger partial charge in [-0.05, 0) is 52.1 Å². The zero-order valence-corrected chi connectivity index (χ0v) is 11.4. The van der Waals surface area contributed by atoms with Crippen LogP contribution in [-0.4, -0.2) is 14.3 Å². The predicted molar refractivity (Wildman–Crippen MR) is 73.1 cm³/mol. The molecule has 0 aliphatic rings. The Morgan fingerprint density at radius 3 is 2.76 bits per heavy atom. The molecule has 0 aliphatic carbocycles. The van der Waals surface area contributed by atoms with Gasteiger partial charge in [0, 0.05) is 5.39 Å². The van der Waals surface area contributed by atoms with E-state index in [1.54, 1.807) is 0 Å². The van der Waals surface area contributed by atoms with Crippen LogP contribution in [0.25, 0.3) is 22.4 Å². The third kappa shape index (κ3) is 1.96. The molecule has 3 aromatic rings. The Hall–Kier alpha value is -1.33. The van der Waals surface area contributed by atoms with E-state index in [2.05, 4.69) is 43.3 Å². The molecular weight excluding hydrogens is 298 g/mol. The number of hydrogen-bond donors (Lipinski definition) is 0. The highest BCUT2D eigenvalue weighted by molar-refractivity contribution is 9.11. The summed E-state index contributed by atoms with van der Waals surface area (Å²) in [4.78, 5) is 8.87. The van der Waals surface area contributed by atoms with E-state index in [-0.39, 0.29) is 0 Å². The third-order valence-corrected chi connectivity index (χ3v) is 3.67. The zero-order chi connectivity index (χ0) is 11.8. The maximum atomic E-state index is 4.58. The number of rotatable bonds is 1. The molecule has 2 aromatic heterocycles. The van der Waals surface area contributed by atoms with Crippen molar-refractivity contribution < 1.29 is 0 Å². The van der Waals surface area contributed by atoms with Crippen LogP contribution in [0.1, 0.15) is 5.56 Å². The molecule has 3 rings (SSSR count). The number of pyridine rings is 1. The third-order valence-electron chi connectivity index (χ3n) is 2.55. The van der Waals surface area contributed by atoms with Gasteiger partial charge in [0.25, 0.3) is 0 Å². The summed E-state index contributed by atoms with van der Waals surface area (Å²) in [7, 11) is 0. The quantitative estimate of drug-likeness (QED) is 0.686. The number of aryl methyl sites for hydroxylation is 1. The van der Waals surface area contributed by atoms with Gasteiger partial charge in [0.05, 0.1) is 5.52 Å². The molecule has 0 unspecified atom stereocenters. The first-order chi connectivity index (χ1) is 8.24. The maximum absolute atomic E-state index is 4.58. The van der Waals surface area contributed by atoms with Gasteiger partial charge >= 0.3 is 0 Å². The van der Waals surface area contributed by atoms with Gasteiger partial charge in [-0.25, -0.2) is 9.97 Å². The normalized spacial score (nSPS) is 10.9. The molecule has 17 heavy (non-hydrogen) atoms. The SMILES string of the molecule is Cc1cc(-c2nsc(Br)n2)nc2ccccc12. The van der Waals surface area contributed by atoms with E-state index in [0.717, 1.165) is 15.1 Å². The molecule has 0 radical (unpaired) electrons. The van der Waals surface area contributed by atoms with Gasteiger partial charge in [0.15, 0.2) is 9.74 Å². The van der Waals surface area contributed by atoms with Crippen LogP contribution in [0.5, 0.6) is 0 Å². The van der Waals surface area contributed by atoms with Crippen molar-refractivity contribution in [1.82, 2.24) is 14.3 Å². The molecule has 5 heteroatoms. The van der Waals surface area contributed by atoms with Crippen LogP contribution in [-0.2, 0) is 0 Å². The first-order valence-corrected chi connectivity index (χ1v) is 6.66. The second-order valence-electron chi connectivity index (χ2n) is 3.71. The fourth-order valence-electron chi connectivity index (χ4n) is 1.77. The van der Waals surface area contributed by atoms with E-state index in [9.17, 15) is 0 Å². The van der Waals surface area contributed by atoms with E-state index >= 15 is 0 Å². The van der Waals surface area contributed by atoms with Crippen LogP contribution < -0.4 is 0 Å². The van der Waals surface area contributed by atoms with Crippen molar-refractivity contribution in [1.29, 1.82) is 0 Å². The highest BCUT2D eigenvalue weighted by Crippen LogP contribution is 2.24. The van der Waals surface area contributed by atoms with E-state index in [4.69, 9.17) is 0 Å². The molecule has 0 saturated heterocycles. The summed E-state index contributed by atoms with van der Waals surface area (Å²) >= 11 is 4.64. The predicted octanol–water partition coefficient (Wildman–Crippen LogP) is 3.82. The molecule has 1 aromatic carbocycles. The Morgan fingerprint density at radius 2 is 2.00 bits per heavy atom. The summed E-state index contributed by atoms with van der Waals surface area (Å²) in [5.74, 6) is 0.677. The molecule has 0 N–H and O–H groups in total. The smallest absolute Gasteiger partial charge is 0.192 e. The van der Waals surface area contributed by atoms with Crippen molar-refractivity contribution in [3.8, 4) is 11.5 Å². The van der Waals surface area contributed by atoms with Gasteiger partial charge < -0.3 is 0 Å². The fourth-order valence-corrected chi connectivity index (χ4v) is 2.58. The molecule has 0 bridgehead atoms. The number of nitrogens with zero attached hydrogens (tertiary/aromatic N) is 3. The summed E-state index contributed by atoms with van der Waals surface area (Å²) in [5.41, 5.74) is 2.99. The van der Waals surface area contributed by atoms with E-state index in [1.807, 2.05) is 24.3 Å². The minimum atomic E-state index is 0.677. The first kappa shape index (κ1) is 10.8. The van der Waals surface area contributed by atoms with Gasteiger partial charge in [-0.1, -0.05) is 18.2 Å². The summed E-state index contributed by atoms with van der Waals surface area (Å²) in [6.07, 6.45) is 0. The number of hydrogen-bond acceptors (Lipinski definition) is 4. The molecular formula is C12H8BrN3S. The molecule has 0 saturated carbocycles. The highest BCUT2D eigenvalue weighted by atomic mass is 79.9. The van der Waals surface area contributed by atoms with Crippen LogP contribution in [0.2, 0.25) is 0 Å². The number of halogens is 1. The molecule has 0 aliphatic heterocycles. The minimum absolute atomic E-state index is 0.677. The highest BCUT2D eigenvalue weighted by Gasteiger charge is 2.09. The van der Waals surface area contributed by atoms with E-state index in [0.29, 0.717) is 5.82 Å². The van der Waals surface area contributed by atoms with Gasteiger partial charge in [-0.2, -0.15) is 4.37 Å². The molecule has 0 amide bonds. The molecule has 2 heterocycles. The molecule has 0 spiro atoms. The monoisotopic (exact) mass is 305 g/mol. The summed E-state index contributed by atoms with van der Waals surface area (Å²) in [5, 5.41) is 1.17. The molecule has 3 nitrogen and oxygen atoms in total. The molecule has 84 valence electrons. The van der Waals surface area contributed by atoms with Crippen molar-refractivity contribution in [2.24, 2.45) is 0 Å². The zero-order valence-electron chi connectivity index (χ0n) is 9.01. The number of fused-ring (bicyclic) bond motifs is 1. The van der Waals surface area contributed by atoms with Crippen LogP contribution in [0.3, 0.4) is 0 Å². The van der Waals surface area contributed by atoms with Gasteiger partial charge in [-0.3, -0.25) is 0 Å². The van der Waals surface area contributed by atoms with Gasteiger partial charge in [0.2, 0.25) is 0 Å². The average molecular weight is 306 g/mol. The Morgan fingerprint density at radius 1 is 1.18 bits per heavy atom. The van der Waals surface area contributed by atoms with E-state index in [1.165, 1.54) is 22.5 Å². The summed E-state index contributed by atoms with van der Waals surface area (Å²) in [6.45, 7) is 2.08. The second kappa shape index (κ2) is 4.16. The summed E-state index contributed by atoms with van der Waals surface area (Å²) in [6, 6.07) is 10.1. The van der Waals surface area contributed by atoms with Gasteiger partial charge in [0.1, 0.15) is 5.69 Å². The lowest BCUT2D eigenvalue weighted by Gasteiger charge is -2.03. The molecule has 0 atom stereocenters. The Kier molecular flexibility index (Phi) is 2.64. The van der Waals surface area contributed by atoms with Crippen LogP contribution in [0.15, 0.2) is 34.2 Å². The topological polar surface area (TPSA) is 38.7 Å². The first-order valence-electron chi connectivity index (χ1n) is 5.10. The van der Waals surface area contributed by atoms with Crippen molar-refractivity contribution in [3.05, 3.63) is 39.8 Å². The lowest BCUT2D eigenvalue weighted by Crippen LogP contribution is -1.89. The number of para-hydroxylation sites is 1. The van der Waals surface area contributed by atoms with Crippen molar-refractivity contribution >= 4 is 38.4 Å². The largest absolute Gasteiger partial charge is 0.244 e. The molecule has 0 fully saturated rings. The van der Waals surface area contributed by atoms with Crippen LogP contribution in [0, 0.1) is 6.92 Å². The number of benzene rings is 1. The van der Waals surface area contributed by atoms with Crippen molar-refractivity contribution in [2.75, 3.05) is 0 Å². The Labute approximate surface area is 111 Å². The lowest BCUT2D eigenvalue weighted by atomic mass is 10.1. The van der Waals surface area contributed by atoms with Crippen LogP contribution in [0.4, 0.5) is 0 Å².